The normalized spacial score (nSPS) is 18.4. The van der Waals surface area contributed by atoms with E-state index in [1.54, 1.807) is 6.08 Å². The highest BCUT2D eigenvalue weighted by molar-refractivity contribution is 5.76. The molecule has 498 valence electrons. The van der Waals surface area contributed by atoms with Crippen molar-refractivity contribution in [2.24, 2.45) is 0 Å². The van der Waals surface area contributed by atoms with Crippen molar-refractivity contribution in [2.75, 3.05) is 19.8 Å². The number of hydrogen-bond acceptors (Lipinski definition) is 10. The molecule has 0 aromatic heterocycles. The van der Waals surface area contributed by atoms with Crippen LogP contribution in [-0.2, 0) is 23.8 Å². The number of carbonyl (C=O) groups is 2. The van der Waals surface area contributed by atoms with Crippen LogP contribution in [0.5, 0.6) is 0 Å². The van der Waals surface area contributed by atoms with Gasteiger partial charge in [-0.05, 0) is 116 Å². The highest BCUT2D eigenvalue weighted by Crippen LogP contribution is 2.23. The monoisotopic (exact) mass is 1210 g/mol. The van der Waals surface area contributed by atoms with Gasteiger partial charge < -0.3 is 45.1 Å². The topological polar surface area (TPSA) is 175 Å². The zero-order valence-corrected chi connectivity index (χ0v) is 55.3. The zero-order valence-electron chi connectivity index (χ0n) is 55.3. The third-order valence-electron chi connectivity index (χ3n) is 16.4. The summed E-state index contributed by atoms with van der Waals surface area (Å²) < 4.78 is 16.7. The Morgan fingerprint density at radius 2 is 0.802 bits per heavy atom. The molecule has 0 aliphatic carbocycles. The maximum absolute atomic E-state index is 13.1. The van der Waals surface area contributed by atoms with Crippen LogP contribution in [0.25, 0.3) is 0 Å². The van der Waals surface area contributed by atoms with Crippen LogP contribution in [-0.4, -0.2) is 100 Å². The average Bonchev–Trinajstić information content (AvgIpc) is 2.38. The van der Waals surface area contributed by atoms with Gasteiger partial charge in [-0.3, -0.25) is 9.59 Å². The highest BCUT2D eigenvalue weighted by Gasteiger charge is 2.44. The SMILES string of the molecule is CCCC/C=C\C/C=C\CCCCCCCC(=O)OCCCCCCCCCCC/C=C\C/C=C\CCCCCCCCCCCCCCCCCC(=O)NC(COC1OC(CO)C(O)C(O)C1O)C(O)/C=C/CC/C=C/CC/C=C/CCCCC. The number of unbranched alkanes of at least 4 members (excludes halogenated alkanes) is 36. The summed E-state index contributed by atoms with van der Waals surface area (Å²) in [5, 5.41) is 54.4. The summed E-state index contributed by atoms with van der Waals surface area (Å²) in [5.74, 6) is -0.207. The van der Waals surface area contributed by atoms with Crippen molar-refractivity contribution in [1.82, 2.24) is 5.32 Å². The number of nitrogens with one attached hydrogen (secondary N) is 1. The van der Waals surface area contributed by atoms with Crippen LogP contribution in [0, 0.1) is 0 Å². The number of rotatable bonds is 62. The van der Waals surface area contributed by atoms with Gasteiger partial charge in [-0.25, -0.2) is 0 Å². The van der Waals surface area contributed by atoms with E-state index in [4.69, 9.17) is 14.2 Å². The number of aliphatic hydroxyl groups excluding tert-OH is 5. The van der Waals surface area contributed by atoms with E-state index in [-0.39, 0.29) is 18.5 Å². The smallest absolute Gasteiger partial charge is 0.305 e. The Hall–Kier alpha value is -3.16. The summed E-state index contributed by atoms with van der Waals surface area (Å²) in [5.41, 5.74) is 0. The fourth-order valence-corrected chi connectivity index (χ4v) is 10.7. The molecule has 6 N–H and O–H groups in total. The Morgan fingerprint density at radius 1 is 0.430 bits per heavy atom. The molecule has 1 rings (SSSR count). The second-order valence-corrected chi connectivity index (χ2v) is 24.6. The highest BCUT2D eigenvalue weighted by atomic mass is 16.7. The number of carbonyl (C=O) groups excluding carboxylic acids is 2. The van der Waals surface area contributed by atoms with Crippen molar-refractivity contribution < 1.29 is 49.3 Å². The van der Waals surface area contributed by atoms with Gasteiger partial charge in [0.15, 0.2) is 6.29 Å². The number of allylic oxidation sites excluding steroid dienone is 13. The van der Waals surface area contributed by atoms with Crippen molar-refractivity contribution in [3.05, 3.63) is 85.1 Å². The summed E-state index contributed by atoms with van der Waals surface area (Å²) in [4.78, 5) is 25.1. The van der Waals surface area contributed by atoms with Crippen molar-refractivity contribution in [3.63, 3.8) is 0 Å². The lowest BCUT2D eigenvalue weighted by molar-refractivity contribution is -0.302. The molecular weight excluding hydrogens is 1070 g/mol. The Labute approximate surface area is 527 Å². The van der Waals surface area contributed by atoms with E-state index in [9.17, 15) is 35.1 Å². The first-order valence-electron chi connectivity index (χ1n) is 35.9. The molecule has 1 amide bonds. The van der Waals surface area contributed by atoms with Gasteiger partial charge in [-0.2, -0.15) is 0 Å². The molecule has 0 bridgehead atoms. The number of aliphatic hydroxyl groups is 5. The molecule has 1 aliphatic heterocycles. The van der Waals surface area contributed by atoms with E-state index in [1.165, 1.54) is 205 Å². The van der Waals surface area contributed by atoms with Crippen LogP contribution in [0.3, 0.4) is 0 Å². The minimum Gasteiger partial charge on any atom is -0.466 e. The predicted molar refractivity (Wildman–Crippen MR) is 361 cm³/mol. The molecule has 0 radical (unpaired) electrons. The molecule has 7 unspecified atom stereocenters. The van der Waals surface area contributed by atoms with Crippen molar-refractivity contribution in [2.45, 2.75) is 358 Å². The summed E-state index contributed by atoms with van der Waals surface area (Å²) in [6.45, 7) is 4.25. The Balaban J connectivity index is 1.98. The van der Waals surface area contributed by atoms with Gasteiger partial charge in [0.2, 0.25) is 5.91 Å². The molecule has 0 spiro atoms. The van der Waals surface area contributed by atoms with Crippen LogP contribution >= 0.6 is 0 Å². The van der Waals surface area contributed by atoms with E-state index < -0.39 is 49.5 Å². The molecule has 1 saturated heterocycles. The molecular formula is C75H133NO10. The van der Waals surface area contributed by atoms with E-state index >= 15 is 0 Å². The van der Waals surface area contributed by atoms with Crippen molar-refractivity contribution >= 4 is 11.9 Å². The molecule has 11 heteroatoms. The number of hydrogen-bond donors (Lipinski definition) is 6. The molecule has 1 heterocycles. The van der Waals surface area contributed by atoms with Gasteiger partial charge in [-0.15, -0.1) is 0 Å². The predicted octanol–water partition coefficient (Wildman–Crippen LogP) is 18.5. The minimum absolute atomic E-state index is 0.0105. The van der Waals surface area contributed by atoms with E-state index in [0.717, 1.165) is 83.5 Å². The molecule has 1 fully saturated rings. The minimum atomic E-state index is -1.58. The molecule has 0 saturated carbocycles. The molecule has 86 heavy (non-hydrogen) atoms. The van der Waals surface area contributed by atoms with Crippen molar-refractivity contribution in [1.29, 1.82) is 0 Å². The average molecular weight is 1210 g/mol. The van der Waals surface area contributed by atoms with Gasteiger partial charge >= 0.3 is 5.97 Å². The lowest BCUT2D eigenvalue weighted by Gasteiger charge is -2.40. The Bertz CT molecular complexity index is 1710. The lowest BCUT2D eigenvalue weighted by atomic mass is 9.99. The summed E-state index contributed by atoms with van der Waals surface area (Å²) in [6.07, 6.45) is 77.2. The van der Waals surface area contributed by atoms with Gasteiger partial charge in [0.1, 0.15) is 24.4 Å². The summed E-state index contributed by atoms with van der Waals surface area (Å²) in [6, 6.07) is -0.836. The lowest BCUT2D eigenvalue weighted by Crippen LogP contribution is -2.60. The third kappa shape index (κ3) is 51.7. The van der Waals surface area contributed by atoms with Crippen LogP contribution in [0.1, 0.15) is 316 Å². The fourth-order valence-electron chi connectivity index (χ4n) is 10.7. The largest absolute Gasteiger partial charge is 0.466 e. The van der Waals surface area contributed by atoms with Gasteiger partial charge in [0.25, 0.3) is 0 Å². The second-order valence-electron chi connectivity index (χ2n) is 24.6. The number of amides is 1. The molecule has 0 aromatic carbocycles. The van der Waals surface area contributed by atoms with Crippen LogP contribution in [0.4, 0.5) is 0 Å². The van der Waals surface area contributed by atoms with Gasteiger partial charge in [-0.1, -0.05) is 272 Å². The maximum Gasteiger partial charge on any atom is 0.305 e. The fraction of sp³-hybridized carbons (Fsp3) is 0.787. The van der Waals surface area contributed by atoms with Gasteiger partial charge in [0, 0.05) is 12.8 Å². The van der Waals surface area contributed by atoms with Crippen LogP contribution in [0.15, 0.2) is 85.1 Å². The standard InChI is InChI=1S/C75H133NO10/c1-3-5-7-9-11-13-15-17-39-43-47-51-55-59-63-71(80)84-64-60-56-52-48-44-40-36-34-32-30-28-26-24-22-20-18-19-21-23-25-27-29-31-33-35-38-42-46-50-54-58-62-70(79)76-67(66-85-75-74(83)73(82)72(81)69(65-77)86-75)68(78)61-57-53-49-45-41-37-16-14-12-10-8-6-4-2/h9,11-12,14-15,17,20,22,26,28,41,45,57,61,67-69,72-75,77-78,81-83H,3-8,10,13,16,18-19,21,23-25,27,29-40,42-44,46-56,58-60,62-66H2,1-2H3,(H,76,79)/b11-9-,14-12+,17-15-,22-20-,28-26-,45-41+,61-57+. The van der Waals surface area contributed by atoms with Crippen LogP contribution < -0.4 is 5.32 Å². The van der Waals surface area contributed by atoms with Crippen molar-refractivity contribution in [3.8, 4) is 0 Å². The zero-order chi connectivity index (χ0) is 62.3. The number of esters is 1. The molecule has 1 aliphatic rings. The first kappa shape index (κ1) is 80.9. The van der Waals surface area contributed by atoms with Gasteiger partial charge in [0.05, 0.1) is 32.0 Å². The first-order valence-corrected chi connectivity index (χ1v) is 35.9. The van der Waals surface area contributed by atoms with E-state index in [0.29, 0.717) is 19.4 Å². The maximum atomic E-state index is 13.1. The van der Waals surface area contributed by atoms with E-state index in [2.05, 4.69) is 92.1 Å². The summed E-state index contributed by atoms with van der Waals surface area (Å²) in [7, 11) is 0. The summed E-state index contributed by atoms with van der Waals surface area (Å²) >= 11 is 0. The Morgan fingerprint density at radius 3 is 1.26 bits per heavy atom. The molecule has 11 nitrogen and oxygen atoms in total. The third-order valence-corrected chi connectivity index (χ3v) is 16.4. The molecule has 0 aromatic rings. The second kappa shape index (κ2) is 63.4. The van der Waals surface area contributed by atoms with E-state index in [1.807, 2.05) is 6.08 Å². The molecule has 7 atom stereocenters. The first-order chi connectivity index (χ1) is 42.2. The Kier molecular flexibility index (Phi) is 59.6. The quantitative estimate of drug-likeness (QED) is 0.0195. The number of ether oxygens (including phenoxy) is 3. The van der Waals surface area contributed by atoms with Crippen LogP contribution in [0.2, 0.25) is 0 Å².